The second-order valence-electron chi connectivity index (χ2n) is 6.18. The van der Waals surface area contributed by atoms with Crippen LogP contribution in [0.25, 0.3) is 24.3 Å². The maximum atomic E-state index is 3.45. The highest BCUT2D eigenvalue weighted by Gasteiger charge is 2.07. The van der Waals surface area contributed by atoms with E-state index in [0.717, 1.165) is 22.7 Å². The van der Waals surface area contributed by atoms with Crippen LogP contribution >= 0.6 is 0 Å². The molecule has 2 aliphatic rings. The third-order valence-electron chi connectivity index (χ3n) is 4.52. The number of rotatable bonds is 4. The topological polar surface area (TPSA) is 24.1 Å². The molecule has 2 nitrogen and oxygen atoms in total. The SMILES string of the molecule is C1=Cc2cc(Nc3ccc(Nc4ccc5c(c4)C=C5)cc3)ccc21. The van der Waals surface area contributed by atoms with Gasteiger partial charge in [-0.2, -0.15) is 0 Å². The molecule has 2 aliphatic carbocycles. The summed E-state index contributed by atoms with van der Waals surface area (Å²) < 4.78 is 0. The molecule has 0 fully saturated rings. The first kappa shape index (κ1) is 13.2. The van der Waals surface area contributed by atoms with Crippen LogP contribution in [0.2, 0.25) is 0 Å². The van der Waals surface area contributed by atoms with E-state index in [2.05, 4.69) is 95.6 Å². The number of fused-ring (bicyclic) bond motifs is 2. The van der Waals surface area contributed by atoms with E-state index >= 15 is 0 Å². The van der Waals surface area contributed by atoms with E-state index in [0.29, 0.717) is 0 Å². The third-order valence-corrected chi connectivity index (χ3v) is 4.52. The van der Waals surface area contributed by atoms with Crippen LogP contribution in [-0.4, -0.2) is 0 Å². The molecule has 0 unspecified atom stereocenters. The molecule has 0 radical (unpaired) electrons. The Hall–Kier alpha value is -3.26. The molecule has 0 bridgehead atoms. The number of nitrogens with one attached hydrogen (secondary N) is 2. The first-order valence-corrected chi connectivity index (χ1v) is 8.12. The molecule has 0 saturated heterocycles. The van der Waals surface area contributed by atoms with Gasteiger partial charge in [0.25, 0.3) is 0 Å². The maximum absolute atomic E-state index is 3.45. The van der Waals surface area contributed by atoms with Crippen LogP contribution in [-0.2, 0) is 0 Å². The summed E-state index contributed by atoms with van der Waals surface area (Å²) in [5.74, 6) is 0. The van der Waals surface area contributed by atoms with E-state index in [-0.39, 0.29) is 0 Å². The summed E-state index contributed by atoms with van der Waals surface area (Å²) in [6.07, 6.45) is 8.53. The van der Waals surface area contributed by atoms with Crippen LogP contribution in [0.1, 0.15) is 22.3 Å². The summed E-state index contributed by atoms with van der Waals surface area (Å²) in [7, 11) is 0. The zero-order valence-electron chi connectivity index (χ0n) is 13.1. The predicted octanol–water partition coefficient (Wildman–Crippen LogP) is 6.14. The van der Waals surface area contributed by atoms with Crippen molar-refractivity contribution in [3.63, 3.8) is 0 Å². The average Bonchev–Trinajstić information content (AvgIpc) is 2.55. The van der Waals surface area contributed by atoms with Crippen molar-refractivity contribution in [1.29, 1.82) is 0 Å². The molecule has 114 valence electrons. The van der Waals surface area contributed by atoms with E-state index in [1.807, 2.05) is 0 Å². The monoisotopic (exact) mass is 308 g/mol. The molecule has 0 aliphatic heterocycles. The summed E-state index contributed by atoms with van der Waals surface area (Å²) in [4.78, 5) is 0. The minimum absolute atomic E-state index is 1.09. The van der Waals surface area contributed by atoms with Crippen molar-refractivity contribution in [1.82, 2.24) is 0 Å². The molecule has 3 aromatic carbocycles. The predicted molar refractivity (Wildman–Crippen MR) is 104 cm³/mol. The smallest absolute Gasteiger partial charge is 0.0390 e. The minimum atomic E-state index is 1.09. The summed E-state index contributed by atoms with van der Waals surface area (Å²) in [5, 5.41) is 6.90. The van der Waals surface area contributed by atoms with Crippen LogP contribution in [0, 0.1) is 0 Å². The molecule has 2 heteroatoms. The Morgan fingerprint density at radius 2 is 0.750 bits per heavy atom. The largest absolute Gasteiger partial charge is 0.356 e. The lowest BCUT2D eigenvalue weighted by Gasteiger charge is -2.15. The zero-order chi connectivity index (χ0) is 15.9. The lowest BCUT2D eigenvalue weighted by Crippen LogP contribution is -1.96. The van der Waals surface area contributed by atoms with Crippen molar-refractivity contribution in [2.24, 2.45) is 0 Å². The molecule has 0 amide bonds. The van der Waals surface area contributed by atoms with Gasteiger partial charge < -0.3 is 10.6 Å². The summed E-state index contributed by atoms with van der Waals surface area (Å²) in [6, 6.07) is 21.3. The van der Waals surface area contributed by atoms with Gasteiger partial charge in [0.05, 0.1) is 0 Å². The van der Waals surface area contributed by atoms with Gasteiger partial charge >= 0.3 is 0 Å². The van der Waals surface area contributed by atoms with Gasteiger partial charge in [0.15, 0.2) is 0 Å². The van der Waals surface area contributed by atoms with Crippen LogP contribution in [0.4, 0.5) is 22.7 Å². The van der Waals surface area contributed by atoms with Crippen molar-refractivity contribution in [2.75, 3.05) is 10.6 Å². The molecule has 24 heavy (non-hydrogen) atoms. The van der Waals surface area contributed by atoms with E-state index in [1.165, 1.54) is 22.3 Å². The Morgan fingerprint density at radius 1 is 0.375 bits per heavy atom. The van der Waals surface area contributed by atoms with Crippen molar-refractivity contribution in [3.8, 4) is 0 Å². The summed E-state index contributed by atoms with van der Waals surface area (Å²) in [6.45, 7) is 0. The molecular formula is C22H16N2. The Morgan fingerprint density at radius 3 is 1.08 bits per heavy atom. The summed E-state index contributed by atoms with van der Waals surface area (Å²) >= 11 is 0. The van der Waals surface area contributed by atoms with Gasteiger partial charge in [-0.05, 0) is 70.8 Å². The number of hydrogen-bond donors (Lipinski definition) is 2. The Labute approximate surface area is 141 Å². The van der Waals surface area contributed by atoms with Crippen LogP contribution < -0.4 is 10.6 Å². The highest BCUT2D eigenvalue weighted by atomic mass is 14.9. The van der Waals surface area contributed by atoms with Gasteiger partial charge in [-0.25, -0.2) is 0 Å². The number of anilines is 4. The molecule has 5 rings (SSSR count). The molecule has 3 aromatic rings. The zero-order valence-corrected chi connectivity index (χ0v) is 13.1. The van der Waals surface area contributed by atoms with Crippen LogP contribution in [0.15, 0.2) is 60.7 Å². The van der Waals surface area contributed by atoms with Crippen molar-refractivity contribution in [2.45, 2.75) is 0 Å². The van der Waals surface area contributed by atoms with Gasteiger partial charge in [-0.15, -0.1) is 0 Å². The lowest BCUT2D eigenvalue weighted by atomic mass is 9.97. The average molecular weight is 308 g/mol. The first-order valence-electron chi connectivity index (χ1n) is 8.12. The van der Waals surface area contributed by atoms with Crippen molar-refractivity contribution in [3.05, 3.63) is 82.9 Å². The molecular weight excluding hydrogens is 292 g/mol. The van der Waals surface area contributed by atoms with Gasteiger partial charge in [-0.1, -0.05) is 36.4 Å². The van der Waals surface area contributed by atoms with Crippen LogP contribution in [0.5, 0.6) is 0 Å². The van der Waals surface area contributed by atoms with Crippen molar-refractivity contribution < 1.29 is 0 Å². The lowest BCUT2D eigenvalue weighted by molar-refractivity contribution is 1.49. The normalized spacial score (nSPS) is 12.7. The fourth-order valence-electron chi connectivity index (χ4n) is 3.03. The highest BCUT2D eigenvalue weighted by molar-refractivity contribution is 5.88. The Kier molecular flexibility index (Phi) is 2.83. The molecule has 2 N–H and O–H groups in total. The Balaban J connectivity index is 1.30. The van der Waals surface area contributed by atoms with E-state index in [4.69, 9.17) is 0 Å². The second-order valence-corrected chi connectivity index (χ2v) is 6.18. The van der Waals surface area contributed by atoms with Crippen LogP contribution in [0.3, 0.4) is 0 Å². The number of benzene rings is 3. The van der Waals surface area contributed by atoms with E-state index in [9.17, 15) is 0 Å². The highest BCUT2D eigenvalue weighted by Crippen LogP contribution is 2.30. The molecule has 0 heterocycles. The quantitative estimate of drug-likeness (QED) is 0.416. The molecule has 0 saturated carbocycles. The standard InChI is InChI=1S/C22H16N2/c1-3-17-13-21(7-5-15(1)17)23-19-9-11-20(12-10-19)24-22-8-6-16-2-4-18(16)14-22/h1-14,23-24H. The van der Waals surface area contributed by atoms with E-state index in [1.54, 1.807) is 0 Å². The fourth-order valence-corrected chi connectivity index (χ4v) is 3.03. The number of hydrogen-bond acceptors (Lipinski definition) is 2. The van der Waals surface area contributed by atoms with Gasteiger partial charge in [0.2, 0.25) is 0 Å². The van der Waals surface area contributed by atoms with E-state index < -0.39 is 0 Å². The fraction of sp³-hybridized carbons (Fsp3) is 0. The summed E-state index contributed by atoms with van der Waals surface area (Å²) in [5.41, 5.74) is 9.64. The first-order chi connectivity index (χ1) is 11.8. The van der Waals surface area contributed by atoms with Gasteiger partial charge in [0, 0.05) is 22.7 Å². The second kappa shape index (κ2) is 5.14. The van der Waals surface area contributed by atoms with Crippen molar-refractivity contribution >= 4 is 47.1 Å². The third kappa shape index (κ3) is 2.29. The van der Waals surface area contributed by atoms with Gasteiger partial charge in [0.1, 0.15) is 0 Å². The molecule has 0 atom stereocenters. The Bertz CT molecular complexity index is 912. The minimum Gasteiger partial charge on any atom is -0.356 e. The molecule has 0 aromatic heterocycles. The maximum Gasteiger partial charge on any atom is 0.0390 e. The molecule has 0 spiro atoms. The van der Waals surface area contributed by atoms with Gasteiger partial charge in [-0.3, -0.25) is 0 Å².